The number of urea groups is 1. The van der Waals surface area contributed by atoms with Crippen molar-refractivity contribution in [2.75, 3.05) is 5.32 Å². The fourth-order valence-electron chi connectivity index (χ4n) is 5.35. The number of carbonyl (C=O) groups is 3. The highest BCUT2D eigenvalue weighted by Gasteiger charge is 2.58. The van der Waals surface area contributed by atoms with E-state index in [0.29, 0.717) is 22.2 Å². The number of anilines is 1. The molecule has 33 heavy (non-hydrogen) atoms. The van der Waals surface area contributed by atoms with E-state index >= 15 is 0 Å². The van der Waals surface area contributed by atoms with Gasteiger partial charge in [0.2, 0.25) is 11.8 Å². The Kier molecular flexibility index (Phi) is 5.89. The molecule has 2 N–H and O–H groups in total. The predicted molar refractivity (Wildman–Crippen MR) is 127 cm³/mol. The second-order valence-corrected chi connectivity index (χ2v) is 9.66. The smallest absolute Gasteiger partial charge is 0.317 e. The highest BCUT2D eigenvalue weighted by atomic mass is 35.5. The minimum Gasteiger partial charge on any atom is -0.317 e. The molecule has 6 rings (SSSR count). The number of imide groups is 1. The molecule has 2 aromatic carbocycles. The van der Waals surface area contributed by atoms with Gasteiger partial charge in [-0.05, 0) is 48.4 Å². The third-order valence-electron chi connectivity index (χ3n) is 6.85. The molecule has 4 amide bonds. The first-order valence-corrected chi connectivity index (χ1v) is 11.8. The zero-order valence-electron chi connectivity index (χ0n) is 17.7. The molecule has 170 valence electrons. The fourth-order valence-corrected chi connectivity index (χ4v) is 5.80. The van der Waals surface area contributed by atoms with Crippen LogP contribution in [0.4, 0.5) is 10.5 Å². The van der Waals surface area contributed by atoms with Crippen LogP contribution in [0.3, 0.4) is 0 Å². The van der Waals surface area contributed by atoms with Crippen LogP contribution in [0.5, 0.6) is 0 Å². The molecule has 1 saturated heterocycles. The second-order valence-electron chi connectivity index (χ2n) is 8.82. The van der Waals surface area contributed by atoms with Gasteiger partial charge in [-0.25, -0.2) is 4.79 Å². The number of fused-ring (bicyclic) bond motifs is 1. The number of hydrogen-bond acceptors (Lipinski definition) is 3. The molecule has 0 aromatic heterocycles. The van der Waals surface area contributed by atoms with E-state index in [0.717, 1.165) is 18.4 Å². The standard InChI is InChI=1S/C25H23Cl2N3O3/c26-17-10-11-19(18(27)13-17)28-25(33)29-20(12-14-4-2-1-3-5-14)30-23(31)21-15-6-7-16(9-8-15)22(21)24(30)32/h1-7,10-11,13,15-16,20-22H,8-9,12H2,(H2,28,29,33)/t15-,16-,20-,21+,22+/m0/s1. The topological polar surface area (TPSA) is 78.5 Å². The Hall–Kier alpha value is -2.83. The Labute approximate surface area is 201 Å². The molecule has 0 radical (unpaired) electrons. The monoisotopic (exact) mass is 483 g/mol. The number of nitrogens with zero attached hydrogens (tertiary/aromatic N) is 1. The Bertz CT molecular complexity index is 1100. The summed E-state index contributed by atoms with van der Waals surface area (Å²) in [6.45, 7) is 0. The van der Waals surface area contributed by atoms with Crippen molar-refractivity contribution in [3.8, 4) is 0 Å². The third-order valence-corrected chi connectivity index (χ3v) is 7.40. The van der Waals surface area contributed by atoms with Crippen molar-refractivity contribution >= 4 is 46.7 Å². The van der Waals surface area contributed by atoms with Crippen LogP contribution in [0, 0.1) is 23.7 Å². The molecule has 1 heterocycles. The third kappa shape index (κ3) is 4.13. The Morgan fingerprint density at radius 1 is 0.970 bits per heavy atom. The molecule has 8 heteroatoms. The minimum atomic E-state index is -0.816. The highest BCUT2D eigenvalue weighted by Crippen LogP contribution is 2.50. The Balaban J connectivity index is 1.41. The van der Waals surface area contributed by atoms with Crippen molar-refractivity contribution < 1.29 is 14.4 Å². The van der Waals surface area contributed by atoms with Crippen LogP contribution in [0.25, 0.3) is 0 Å². The summed E-state index contributed by atoms with van der Waals surface area (Å²) in [7, 11) is 0. The number of amides is 4. The quantitative estimate of drug-likeness (QED) is 0.469. The van der Waals surface area contributed by atoms with Gasteiger partial charge in [0.25, 0.3) is 0 Å². The van der Waals surface area contributed by atoms with Crippen LogP contribution >= 0.6 is 23.2 Å². The van der Waals surface area contributed by atoms with E-state index in [-0.39, 0.29) is 35.5 Å². The predicted octanol–water partition coefficient (Wildman–Crippen LogP) is 4.88. The maximum absolute atomic E-state index is 13.5. The summed E-state index contributed by atoms with van der Waals surface area (Å²) in [4.78, 5) is 41.1. The van der Waals surface area contributed by atoms with Gasteiger partial charge in [-0.15, -0.1) is 0 Å². The lowest BCUT2D eigenvalue weighted by Crippen LogP contribution is -2.53. The minimum absolute atomic E-state index is 0.0838. The number of halogens is 2. The molecule has 6 nitrogen and oxygen atoms in total. The van der Waals surface area contributed by atoms with Gasteiger partial charge in [0.05, 0.1) is 22.5 Å². The van der Waals surface area contributed by atoms with Gasteiger partial charge in [0.1, 0.15) is 6.17 Å². The number of rotatable bonds is 5. The average Bonchev–Trinajstić information content (AvgIpc) is 3.09. The van der Waals surface area contributed by atoms with E-state index in [1.807, 2.05) is 30.3 Å². The van der Waals surface area contributed by atoms with Crippen LogP contribution in [0.15, 0.2) is 60.7 Å². The van der Waals surface area contributed by atoms with E-state index in [2.05, 4.69) is 22.8 Å². The van der Waals surface area contributed by atoms with Crippen LogP contribution < -0.4 is 10.6 Å². The van der Waals surface area contributed by atoms with Crippen LogP contribution in [0.1, 0.15) is 18.4 Å². The van der Waals surface area contributed by atoms with Gasteiger partial charge < -0.3 is 10.6 Å². The van der Waals surface area contributed by atoms with Gasteiger partial charge >= 0.3 is 6.03 Å². The summed E-state index contributed by atoms with van der Waals surface area (Å²) in [5.41, 5.74) is 1.29. The summed E-state index contributed by atoms with van der Waals surface area (Å²) >= 11 is 12.1. The zero-order chi connectivity index (χ0) is 23.1. The van der Waals surface area contributed by atoms with E-state index in [1.165, 1.54) is 11.0 Å². The summed E-state index contributed by atoms with van der Waals surface area (Å²) < 4.78 is 0. The van der Waals surface area contributed by atoms with E-state index in [1.54, 1.807) is 12.1 Å². The largest absolute Gasteiger partial charge is 0.320 e. The maximum Gasteiger partial charge on any atom is 0.320 e. The lowest BCUT2D eigenvalue weighted by atomic mass is 9.63. The lowest BCUT2D eigenvalue weighted by molar-refractivity contribution is -0.143. The van der Waals surface area contributed by atoms with Crippen molar-refractivity contribution in [1.29, 1.82) is 0 Å². The molecule has 2 aromatic rings. The van der Waals surface area contributed by atoms with Crippen molar-refractivity contribution in [2.24, 2.45) is 23.7 Å². The fraction of sp³-hybridized carbons (Fsp3) is 0.320. The maximum atomic E-state index is 13.5. The molecule has 0 spiro atoms. The Morgan fingerprint density at radius 2 is 1.61 bits per heavy atom. The molecule has 2 bridgehead atoms. The zero-order valence-corrected chi connectivity index (χ0v) is 19.2. The number of carbonyl (C=O) groups excluding carboxylic acids is 3. The SMILES string of the molecule is O=C(Nc1ccc(Cl)cc1Cl)N[C@H](Cc1ccccc1)N1C(=O)[C@H]2[C@H](C1=O)[C@H]1C=C[C@H]2CC1. The Morgan fingerprint density at radius 3 is 2.18 bits per heavy atom. The number of benzene rings is 2. The average molecular weight is 484 g/mol. The van der Waals surface area contributed by atoms with Crippen molar-refractivity contribution in [2.45, 2.75) is 25.4 Å². The van der Waals surface area contributed by atoms with Crippen molar-refractivity contribution in [3.63, 3.8) is 0 Å². The first-order valence-electron chi connectivity index (χ1n) is 11.0. The molecule has 2 fully saturated rings. The molecule has 0 unspecified atom stereocenters. The normalized spacial score (nSPS) is 26.3. The molecular formula is C25H23Cl2N3O3. The summed E-state index contributed by atoms with van der Waals surface area (Å²) in [5.74, 6) is -0.907. The van der Waals surface area contributed by atoms with Crippen molar-refractivity contribution in [1.82, 2.24) is 10.2 Å². The van der Waals surface area contributed by atoms with Gasteiger partial charge in [-0.3, -0.25) is 14.5 Å². The van der Waals surface area contributed by atoms with E-state index in [9.17, 15) is 14.4 Å². The number of nitrogens with one attached hydrogen (secondary N) is 2. The van der Waals surface area contributed by atoms with Gasteiger partial charge in [-0.2, -0.15) is 0 Å². The van der Waals surface area contributed by atoms with E-state index < -0.39 is 12.2 Å². The molecule has 4 aliphatic rings. The van der Waals surface area contributed by atoms with Crippen LogP contribution in [0.2, 0.25) is 10.0 Å². The van der Waals surface area contributed by atoms with Crippen molar-refractivity contribution in [3.05, 3.63) is 76.3 Å². The van der Waals surface area contributed by atoms with Crippen LogP contribution in [-0.4, -0.2) is 28.9 Å². The van der Waals surface area contributed by atoms with Gasteiger partial charge in [0.15, 0.2) is 0 Å². The number of likely N-dealkylation sites (tertiary alicyclic amines) is 1. The lowest BCUT2D eigenvalue weighted by Gasteiger charge is -2.38. The van der Waals surface area contributed by atoms with Gasteiger partial charge in [0, 0.05) is 11.4 Å². The first kappa shape index (κ1) is 22.0. The molecule has 1 aliphatic heterocycles. The second kappa shape index (κ2) is 8.84. The first-order chi connectivity index (χ1) is 15.9. The van der Waals surface area contributed by atoms with Crippen LogP contribution in [-0.2, 0) is 16.0 Å². The molecule has 3 aliphatic carbocycles. The molecule has 5 atom stereocenters. The summed E-state index contributed by atoms with van der Waals surface area (Å²) in [6, 6.07) is 13.7. The highest BCUT2D eigenvalue weighted by molar-refractivity contribution is 6.36. The van der Waals surface area contributed by atoms with E-state index in [4.69, 9.17) is 23.2 Å². The molecular weight excluding hydrogens is 461 g/mol. The number of hydrogen-bond donors (Lipinski definition) is 2. The summed E-state index contributed by atoms with van der Waals surface area (Å²) in [6.07, 6.45) is 5.49. The number of allylic oxidation sites excluding steroid dienone is 2. The van der Waals surface area contributed by atoms with Gasteiger partial charge in [-0.1, -0.05) is 65.7 Å². The summed E-state index contributed by atoms with van der Waals surface area (Å²) in [5, 5.41) is 6.28. The molecule has 1 saturated carbocycles.